The molecule has 0 aromatic carbocycles. The highest BCUT2D eigenvalue weighted by Crippen LogP contribution is 2.32. The van der Waals surface area contributed by atoms with Gasteiger partial charge in [0.2, 0.25) is 5.95 Å². The maximum Gasteiger partial charge on any atom is 0.276 e. The van der Waals surface area contributed by atoms with Crippen LogP contribution in [0.4, 0.5) is 5.95 Å². The molecule has 5 heterocycles. The molecule has 11 heteroatoms. The van der Waals surface area contributed by atoms with Gasteiger partial charge in [0.1, 0.15) is 16.5 Å². The van der Waals surface area contributed by atoms with Gasteiger partial charge in [-0.15, -0.1) is 0 Å². The highest BCUT2D eigenvalue weighted by Gasteiger charge is 2.27. The fourth-order valence-corrected chi connectivity index (χ4v) is 5.71. The molecule has 0 unspecified atom stereocenters. The second-order valence-corrected chi connectivity index (χ2v) is 12.0. The van der Waals surface area contributed by atoms with E-state index in [9.17, 15) is 8.42 Å². The predicted molar refractivity (Wildman–Crippen MR) is 140 cm³/mol. The SMILES string of the molecule is CCc1cnc(N2CCC([C@@H](C)Oc3nc4ccc(-c5ccc(S(C)(=O)=O)nc5)nc4s3)CC2)nc1. The molecule has 5 rings (SSSR count). The summed E-state index contributed by atoms with van der Waals surface area (Å²) in [5.41, 5.74) is 3.37. The number of hydrogen-bond donors (Lipinski definition) is 0. The lowest BCUT2D eigenvalue weighted by atomic mass is 9.92. The minimum Gasteiger partial charge on any atom is -0.467 e. The summed E-state index contributed by atoms with van der Waals surface area (Å²) in [5.74, 6) is 1.22. The topological polar surface area (TPSA) is 111 Å². The molecule has 9 nitrogen and oxygen atoms in total. The molecule has 0 aliphatic carbocycles. The fourth-order valence-electron chi connectivity index (χ4n) is 4.28. The van der Waals surface area contributed by atoms with Crippen LogP contribution in [-0.2, 0) is 16.3 Å². The van der Waals surface area contributed by atoms with E-state index in [1.165, 1.54) is 23.6 Å². The number of anilines is 1. The Morgan fingerprint density at radius 3 is 2.44 bits per heavy atom. The standard InChI is InChI=1S/C25H28N6O3S2/c1-4-17-13-27-24(28-14-17)31-11-9-18(10-12-31)16(2)34-25-30-21-7-6-20(29-23(21)35-25)19-5-8-22(26-15-19)36(3,32)33/h5-8,13-16,18H,4,9-12H2,1-3H3/t16-/m1/s1. The maximum atomic E-state index is 11.7. The molecule has 0 spiro atoms. The van der Waals surface area contributed by atoms with Crippen LogP contribution in [-0.4, -0.2) is 58.8 Å². The molecule has 0 radical (unpaired) electrons. The van der Waals surface area contributed by atoms with Crippen molar-refractivity contribution in [3.63, 3.8) is 0 Å². The van der Waals surface area contributed by atoms with Gasteiger partial charge in [0, 0.05) is 43.5 Å². The lowest BCUT2D eigenvalue weighted by Gasteiger charge is -2.34. The summed E-state index contributed by atoms with van der Waals surface area (Å²) in [7, 11) is -3.34. The summed E-state index contributed by atoms with van der Waals surface area (Å²) >= 11 is 1.42. The molecule has 1 aliphatic heterocycles. The molecule has 4 aromatic rings. The number of sulfone groups is 1. The Hall–Kier alpha value is -3.18. The number of aromatic nitrogens is 5. The number of pyridine rings is 2. The third kappa shape index (κ3) is 5.31. The fraction of sp³-hybridized carbons (Fsp3) is 0.400. The van der Waals surface area contributed by atoms with Crippen LogP contribution in [0.15, 0.2) is 47.9 Å². The normalized spacial score (nSPS) is 15.8. The summed E-state index contributed by atoms with van der Waals surface area (Å²) in [6.07, 6.45) is 9.47. The number of rotatable bonds is 7. The van der Waals surface area contributed by atoms with Crippen molar-refractivity contribution in [2.24, 2.45) is 5.92 Å². The number of nitrogens with zero attached hydrogens (tertiary/aromatic N) is 6. The van der Waals surface area contributed by atoms with E-state index < -0.39 is 9.84 Å². The van der Waals surface area contributed by atoms with Gasteiger partial charge in [-0.3, -0.25) is 0 Å². The third-order valence-corrected chi connectivity index (χ3v) is 8.38. The van der Waals surface area contributed by atoms with E-state index in [0.29, 0.717) is 16.8 Å². The molecule has 1 fully saturated rings. The predicted octanol–water partition coefficient (Wildman–Crippen LogP) is 4.19. The zero-order chi connectivity index (χ0) is 25.3. The minimum absolute atomic E-state index is 0.0308. The lowest BCUT2D eigenvalue weighted by Crippen LogP contribution is -2.39. The third-order valence-electron chi connectivity index (χ3n) is 6.52. The minimum atomic E-state index is -3.34. The first-order valence-corrected chi connectivity index (χ1v) is 14.7. The number of ether oxygens (including phenoxy) is 1. The first-order valence-electron chi connectivity index (χ1n) is 12.0. The van der Waals surface area contributed by atoms with Crippen molar-refractivity contribution in [1.82, 2.24) is 24.9 Å². The van der Waals surface area contributed by atoms with E-state index in [0.717, 1.165) is 66.0 Å². The maximum absolute atomic E-state index is 11.7. The second kappa shape index (κ2) is 10.1. The summed E-state index contributed by atoms with van der Waals surface area (Å²) in [6.45, 7) is 6.01. The molecule has 36 heavy (non-hydrogen) atoms. The zero-order valence-corrected chi connectivity index (χ0v) is 22.1. The molecule has 0 saturated carbocycles. The van der Waals surface area contributed by atoms with Crippen LogP contribution in [0.1, 0.15) is 32.3 Å². The van der Waals surface area contributed by atoms with Gasteiger partial charge >= 0.3 is 0 Å². The van der Waals surface area contributed by atoms with E-state index in [2.05, 4.69) is 38.7 Å². The summed E-state index contributed by atoms with van der Waals surface area (Å²) in [5, 5.41) is 0.649. The molecule has 188 valence electrons. The van der Waals surface area contributed by atoms with E-state index >= 15 is 0 Å². The smallest absolute Gasteiger partial charge is 0.276 e. The molecule has 1 atom stereocenters. The molecular formula is C25H28N6O3S2. The van der Waals surface area contributed by atoms with Crippen molar-refractivity contribution in [3.05, 3.63) is 48.4 Å². The molecule has 0 bridgehead atoms. The number of fused-ring (bicyclic) bond motifs is 1. The molecule has 1 aliphatic rings. The quantitative estimate of drug-likeness (QED) is 0.351. The average Bonchev–Trinajstić information content (AvgIpc) is 3.30. The first kappa shape index (κ1) is 24.5. The van der Waals surface area contributed by atoms with Crippen LogP contribution < -0.4 is 9.64 Å². The van der Waals surface area contributed by atoms with Gasteiger partial charge in [0.25, 0.3) is 5.19 Å². The van der Waals surface area contributed by atoms with Crippen LogP contribution in [0.3, 0.4) is 0 Å². The van der Waals surface area contributed by atoms with E-state index in [1.807, 2.05) is 24.5 Å². The van der Waals surface area contributed by atoms with E-state index in [-0.39, 0.29) is 11.1 Å². The largest absolute Gasteiger partial charge is 0.467 e. The van der Waals surface area contributed by atoms with E-state index in [4.69, 9.17) is 9.72 Å². The summed E-state index contributed by atoms with van der Waals surface area (Å²) in [6, 6.07) is 6.97. The van der Waals surface area contributed by atoms with Crippen molar-refractivity contribution in [3.8, 4) is 16.5 Å². The highest BCUT2D eigenvalue weighted by molar-refractivity contribution is 7.90. The Balaban J connectivity index is 1.22. The van der Waals surface area contributed by atoms with Gasteiger partial charge in [0.05, 0.1) is 5.69 Å². The molecule has 4 aromatic heterocycles. The van der Waals surface area contributed by atoms with Crippen LogP contribution >= 0.6 is 11.3 Å². The molecule has 1 saturated heterocycles. The molecule has 0 N–H and O–H groups in total. The number of thiazole rings is 1. The number of aryl methyl sites for hydroxylation is 1. The van der Waals surface area contributed by atoms with Crippen molar-refractivity contribution in [2.45, 2.75) is 44.2 Å². The molecule has 0 amide bonds. The van der Waals surface area contributed by atoms with Gasteiger partial charge in [-0.1, -0.05) is 18.3 Å². The van der Waals surface area contributed by atoms with Crippen molar-refractivity contribution in [2.75, 3.05) is 24.2 Å². The van der Waals surface area contributed by atoms with Crippen molar-refractivity contribution >= 4 is 37.5 Å². The molecular weight excluding hydrogens is 496 g/mol. The van der Waals surface area contributed by atoms with Crippen LogP contribution in [0.5, 0.6) is 5.19 Å². The zero-order valence-electron chi connectivity index (χ0n) is 20.5. The summed E-state index contributed by atoms with van der Waals surface area (Å²) < 4.78 is 29.6. The Bertz CT molecular complexity index is 1450. The highest BCUT2D eigenvalue weighted by atomic mass is 32.2. The second-order valence-electron chi connectivity index (χ2n) is 9.05. The summed E-state index contributed by atoms with van der Waals surface area (Å²) in [4.78, 5) is 25.4. The van der Waals surface area contributed by atoms with E-state index in [1.54, 1.807) is 6.07 Å². The monoisotopic (exact) mass is 524 g/mol. The Morgan fingerprint density at radius 1 is 1.06 bits per heavy atom. The number of hydrogen-bond acceptors (Lipinski definition) is 10. The number of piperidine rings is 1. The van der Waals surface area contributed by atoms with Gasteiger partial charge < -0.3 is 9.64 Å². The van der Waals surface area contributed by atoms with Crippen LogP contribution in [0, 0.1) is 5.92 Å². The van der Waals surface area contributed by atoms with Crippen LogP contribution in [0.25, 0.3) is 21.6 Å². The average molecular weight is 525 g/mol. The van der Waals surface area contributed by atoms with Gasteiger partial charge in [-0.2, -0.15) is 0 Å². The Kier molecular flexibility index (Phi) is 6.85. The van der Waals surface area contributed by atoms with Gasteiger partial charge in [0.15, 0.2) is 14.9 Å². The van der Waals surface area contributed by atoms with Gasteiger partial charge in [-0.25, -0.2) is 33.3 Å². The Labute approximate surface area is 214 Å². The van der Waals surface area contributed by atoms with Gasteiger partial charge in [-0.05, 0) is 61.9 Å². The van der Waals surface area contributed by atoms with Crippen LogP contribution in [0.2, 0.25) is 0 Å². The lowest BCUT2D eigenvalue weighted by molar-refractivity contribution is 0.132. The first-order chi connectivity index (χ1) is 17.3. The van der Waals surface area contributed by atoms with Crippen molar-refractivity contribution < 1.29 is 13.2 Å². The van der Waals surface area contributed by atoms with Crippen molar-refractivity contribution in [1.29, 1.82) is 0 Å². The Morgan fingerprint density at radius 2 is 1.81 bits per heavy atom.